The molecule has 0 N–H and O–H groups in total. The lowest BCUT2D eigenvalue weighted by molar-refractivity contribution is -0.325. The first kappa shape index (κ1) is 22.4. The Balaban J connectivity index is 1.39. The van der Waals surface area contributed by atoms with E-state index in [4.69, 9.17) is 14.2 Å². The smallest absolute Gasteiger partial charge is 0.489 e. The summed E-state index contributed by atoms with van der Waals surface area (Å²) in [6.07, 6.45) is -2.83. The number of pyridine rings is 2. The Bertz CT molecular complexity index is 959. The molecule has 2 unspecified atom stereocenters. The number of piperidine rings is 1. The van der Waals surface area contributed by atoms with Gasteiger partial charge in [0.15, 0.2) is 0 Å². The second kappa shape index (κ2) is 9.00. The van der Waals surface area contributed by atoms with Crippen molar-refractivity contribution in [3.05, 3.63) is 53.6 Å². The van der Waals surface area contributed by atoms with E-state index in [0.29, 0.717) is 25.2 Å². The molecular weight excluding hydrogens is 431 g/mol. The lowest BCUT2D eigenvalue weighted by atomic mass is 9.85. The van der Waals surface area contributed by atoms with Crippen molar-refractivity contribution in [2.24, 2.45) is 0 Å². The average molecular weight is 453 g/mol. The summed E-state index contributed by atoms with van der Waals surface area (Å²) in [6, 6.07) is 8.61. The van der Waals surface area contributed by atoms with E-state index in [1.54, 1.807) is 18.0 Å². The molecule has 2 aliphatic heterocycles. The SMILES string of the molecule is Cc1nc(C(=O)N2CCC3(c4ccccn4)OCOC3C2)ccc1OCCOC(F)(F)F. The van der Waals surface area contributed by atoms with E-state index in [1.165, 1.54) is 12.1 Å². The van der Waals surface area contributed by atoms with Crippen LogP contribution in [-0.2, 0) is 19.8 Å². The van der Waals surface area contributed by atoms with Crippen LogP contribution < -0.4 is 4.74 Å². The van der Waals surface area contributed by atoms with Gasteiger partial charge in [-0.05, 0) is 31.2 Å². The molecule has 0 saturated carbocycles. The molecule has 11 heteroatoms. The first-order chi connectivity index (χ1) is 15.3. The van der Waals surface area contributed by atoms with Crippen LogP contribution in [0.15, 0.2) is 36.5 Å². The molecule has 4 heterocycles. The quantitative estimate of drug-likeness (QED) is 0.622. The standard InChI is InChI=1S/C21H22F3N3O5/c1-14-16(29-10-11-31-21(22,23)24)6-5-15(26-14)19(28)27-9-7-20(17-4-2-3-8-25-17)18(12-27)30-13-32-20/h2-6,8,18H,7,9-13H2,1H3. The van der Waals surface area contributed by atoms with Crippen LogP contribution in [0.1, 0.15) is 28.3 Å². The molecule has 0 aliphatic carbocycles. The third-order valence-corrected chi connectivity index (χ3v) is 5.49. The summed E-state index contributed by atoms with van der Waals surface area (Å²) in [5.74, 6) is 0.0119. The number of alkyl halides is 3. The fraction of sp³-hybridized carbons (Fsp3) is 0.476. The van der Waals surface area contributed by atoms with Crippen molar-refractivity contribution >= 4 is 5.91 Å². The first-order valence-electron chi connectivity index (χ1n) is 10.1. The van der Waals surface area contributed by atoms with Crippen molar-refractivity contribution in [1.82, 2.24) is 14.9 Å². The molecule has 1 amide bonds. The van der Waals surface area contributed by atoms with Crippen LogP contribution in [0.3, 0.4) is 0 Å². The van der Waals surface area contributed by atoms with Crippen molar-refractivity contribution in [3.8, 4) is 5.75 Å². The predicted octanol–water partition coefficient (Wildman–Crippen LogP) is 2.81. The average Bonchev–Trinajstić information content (AvgIpc) is 3.21. The highest BCUT2D eigenvalue weighted by Gasteiger charge is 2.52. The summed E-state index contributed by atoms with van der Waals surface area (Å²) in [7, 11) is 0. The number of halogens is 3. The monoisotopic (exact) mass is 453 g/mol. The summed E-state index contributed by atoms with van der Waals surface area (Å²) in [5, 5.41) is 0. The molecule has 2 aromatic heterocycles. The zero-order valence-electron chi connectivity index (χ0n) is 17.3. The molecule has 0 aromatic carbocycles. The van der Waals surface area contributed by atoms with Gasteiger partial charge in [0.25, 0.3) is 5.91 Å². The van der Waals surface area contributed by atoms with E-state index in [9.17, 15) is 18.0 Å². The van der Waals surface area contributed by atoms with Crippen molar-refractivity contribution in [3.63, 3.8) is 0 Å². The molecule has 8 nitrogen and oxygen atoms in total. The number of carbonyl (C=O) groups excluding carboxylic acids is 1. The number of ether oxygens (including phenoxy) is 4. The molecule has 0 radical (unpaired) electrons. The second-order valence-corrected chi connectivity index (χ2v) is 7.45. The zero-order valence-corrected chi connectivity index (χ0v) is 17.3. The number of likely N-dealkylation sites (tertiary alicyclic amines) is 1. The molecule has 32 heavy (non-hydrogen) atoms. The number of carbonyl (C=O) groups is 1. The van der Waals surface area contributed by atoms with E-state index in [2.05, 4.69) is 14.7 Å². The predicted molar refractivity (Wildman–Crippen MR) is 104 cm³/mol. The summed E-state index contributed by atoms with van der Waals surface area (Å²) in [5.41, 5.74) is 0.700. The van der Waals surface area contributed by atoms with Gasteiger partial charge in [0.05, 0.1) is 24.5 Å². The Morgan fingerprint density at radius 3 is 2.84 bits per heavy atom. The Hall–Kier alpha value is -2.76. The van der Waals surface area contributed by atoms with Gasteiger partial charge in [0, 0.05) is 19.2 Å². The number of rotatable bonds is 6. The summed E-state index contributed by atoms with van der Waals surface area (Å²) in [6.45, 7) is 1.57. The molecule has 0 spiro atoms. The number of nitrogens with zero attached hydrogens (tertiary/aromatic N) is 3. The van der Waals surface area contributed by atoms with E-state index in [0.717, 1.165) is 5.69 Å². The molecule has 172 valence electrons. The highest BCUT2D eigenvalue weighted by atomic mass is 19.4. The fourth-order valence-corrected chi connectivity index (χ4v) is 3.93. The van der Waals surface area contributed by atoms with E-state index >= 15 is 0 Å². The van der Waals surface area contributed by atoms with Crippen LogP contribution >= 0.6 is 0 Å². The Labute approximate surface area is 182 Å². The first-order valence-corrected chi connectivity index (χ1v) is 10.1. The van der Waals surface area contributed by atoms with Gasteiger partial charge in [-0.25, -0.2) is 4.98 Å². The molecule has 2 fully saturated rings. The molecule has 4 rings (SSSR count). The number of hydrogen-bond acceptors (Lipinski definition) is 7. The molecule has 2 saturated heterocycles. The van der Waals surface area contributed by atoms with Gasteiger partial charge in [0.2, 0.25) is 0 Å². The second-order valence-electron chi connectivity index (χ2n) is 7.45. The summed E-state index contributed by atoms with van der Waals surface area (Å²) >= 11 is 0. The minimum atomic E-state index is -4.70. The van der Waals surface area contributed by atoms with E-state index < -0.39 is 18.6 Å². The molecule has 2 atom stereocenters. The van der Waals surface area contributed by atoms with E-state index in [1.807, 2.05) is 18.2 Å². The van der Waals surface area contributed by atoms with Crippen molar-refractivity contribution in [2.45, 2.75) is 31.4 Å². The third-order valence-electron chi connectivity index (χ3n) is 5.49. The van der Waals surface area contributed by atoms with Crippen LogP contribution in [0.2, 0.25) is 0 Å². The topological polar surface area (TPSA) is 83.0 Å². The summed E-state index contributed by atoms with van der Waals surface area (Å²) in [4.78, 5) is 23.4. The van der Waals surface area contributed by atoms with Crippen molar-refractivity contribution < 1.29 is 36.9 Å². The van der Waals surface area contributed by atoms with Gasteiger partial charge in [-0.15, -0.1) is 13.2 Å². The third kappa shape index (κ3) is 4.69. The number of aromatic nitrogens is 2. The van der Waals surface area contributed by atoms with Crippen LogP contribution in [0, 0.1) is 6.92 Å². The Kier molecular flexibility index (Phi) is 6.31. The van der Waals surface area contributed by atoms with Gasteiger partial charge in [-0.3, -0.25) is 14.5 Å². The number of aryl methyl sites for hydroxylation is 1. The van der Waals surface area contributed by atoms with Gasteiger partial charge < -0.3 is 19.1 Å². The summed E-state index contributed by atoms with van der Waals surface area (Å²) < 4.78 is 56.7. The zero-order chi connectivity index (χ0) is 22.8. The maximum atomic E-state index is 13.0. The van der Waals surface area contributed by atoms with Gasteiger partial charge >= 0.3 is 6.36 Å². The van der Waals surface area contributed by atoms with Crippen molar-refractivity contribution in [1.29, 1.82) is 0 Å². The fourth-order valence-electron chi connectivity index (χ4n) is 3.93. The van der Waals surface area contributed by atoms with E-state index in [-0.39, 0.29) is 36.9 Å². The maximum absolute atomic E-state index is 13.0. The van der Waals surface area contributed by atoms with Crippen molar-refractivity contribution in [2.75, 3.05) is 33.1 Å². The highest BCUT2D eigenvalue weighted by molar-refractivity contribution is 5.92. The normalized spacial score (nSPS) is 23.1. The van der Waals surface area contributed by atoms with Crippen LogP contribution in [0.25, 0.3) is 0 Å². The molecular formula is C21H22F3N3O5. The molecule has 2 aliphatic rings. The molecule has 0 bridgehead atoms. The molecule has 2 aromatic rings. The van der Waals surface area contributed by atoms with Gasteiger partial charge in [-0.1, -0.05) is 6.07 Å². The Morgan fingerprint density at radius 1 is 1.28 bits per heavy atom. The van der Waals surface area contributed by atoms with Crippen LogP contribution in [0.4, 0.5) is 13.2 Å². The maximum Gasteiger partial charge on any atom is 0.522 e. The van der Waals surface area contributed by atoms with Gasteiger partial charge in [-0.2, -0.15) is 0 Å². The highest BCUT2D eigenvalue weighted by Crippen LogP contribution is 2.41. The van der Waals surface area contributed by atoms with Gasteiger partial charge in [0.1, 0.15) is 36.5 Å². The minimum Gasteiger partial charge on any atom is -0.489 e. The largest absolute Gasteiger partial charge is 0.522 e. The number of amides is 1. The van der Waals surface area contributed by atoms with Crippen LogP contribution in [0.5, 0.6) is 5.75 Å². The minimum absolute atomic E-state index is 0.130. The number of hydrogen-bond donors (Lipinski definition) is 0. The van der Waals surface area contributed by atoms with Crippen LogP contribution in [-0.4, -0.2) is 66.3 Å². The lowest BCUT2D eigenvalue weighted by Crippen LogP contribution is -2.54. The Morgan fingerprint density at radius 2 is 2.12 bits per heavy atom. The number of fused-ring (bicyclic) bond motifs is 1. The lowest BCUT2D eigenvalue weighted by Gasteiger charge is -2.41.